The smallest absolute Gasteiger partial charge is 0.254 e. The van der Waals surface area contributed by atoms with Crippen LogP contribution in [0.15, 0.2) is 24.3 Å². The Kier molecular flexibility index (Phi) is 7.97. The number of benzene rings is 1. The molecular formula is C16H26N2O3. The van der Waals surface area contributed by atoms with Crippen LogP contribution in [0.1, 0.15) is 22.8 Å². The predicted molar refractivity (Wildman–Crippen MR) is 83.5 cm³/mol. The number of nitrogens with zero attached hydrogens (tertiary/aromatic N) is 1. The molecule has 0 saturated heterocycles. The first-order valence-corrected chi connectivity index (χ1v) is 7.21. The van der Waals surface area contributed by atoms with Crippen LogP contribution in [0.3, 0.4) is 0 Å². The third kappa shape index (κ3) is 5.46. The SMILES string of the molecule is COCCN(C(=O)c1cccc(CCN)c1)C(C)COC. The fourth-order valence-electron chi connectivity index (χ4n) is 2.24. The van der Waals surface area contributed by atoms with Crippen LogP contribution in [0.25, 0.3) is 0 Å². The molecule has 5 heteroatoms. The summed E-state index contributed by atoms with van der Waals surface area (Å²) in [6, 6.07) is 7.63. The van der Waals surface area contributed by atoms with E-state index in [1.807, 2.05) is 31.2 Å². The molecule has 2 N–H and O–H groups in total. The summed E-state index contributed by atoms with van der Waals surface area (Å²) >= 11 is 0. The molecule has 1 amide bonds. The third-order valence-electron chi connectivity index (χ3n) is 3.34. The average Bonchev–Trinajstić information content (AvgIpc) is 2.48. The van der Waals surface area contributed by atoms with E-state index in [1.54, 1.807) is 19.1 Å². The minimum absolute atomic E-state index is 0.00388. The first-order valence-electron chi connectivity index (χ1n) is 7.21. The molecular weight excluding hydrogens is 268 g/mol. The van der Waals surface area contributed by atoms with Gasteiger partial charge in [0.1, 0.15) is 0 Å². The summed E-state index contributed by atoms with van der Waals surface area (Å²) in [6.45, 7) is 4.09. The zero-order chi connectivity index (χ0) is 15.7. The number of methoxy groups -OCH3 is 2. The maximum Gasteiger partial charge on any atom is 0.254 e. The molecule has 0 aromatic heterocycles. The van der Waals surface area contributed by atoms with Crippen LogP contribution in [-0.2, 0) is 15.9 Å². The summed E-state index contributed by atoms with van der Waals surface area (Å²) in [6.07, 6.45) is 0.771. The monoisotopic (exact) mass is 294 g/mol. The van der Waals surface area contributed by atoms with E-state index in [-0.39, 0.29) is 11.9 Å². The Bertz CT molecular complexity index is 437. The number of nitrogens with two attached hydrogens (primary N) is 1. The molecule has 0 aliphatic rings. The lowest BCUT2D eigenvalue weighted by Crippen LogP contribution is -2.43. The fraction of sp³-hybridized carbons (Fsp3) is 0.562. The summed E-state index contributed by atoms with van der Waals surface area (Å²) in [7, 11) is 3.27. The maximum absolute atomic E-state index is 12.7. The zero-order valence-corrected chi connectivity index (χ0v) is 13.2. The van der Waals surface area contributed by atoms with E-state index < -0.39 is 0 Å². The van der Waals surface area contributed by atoms with Gasteiger partial charge in [0, 0.05) is 26.3 Å². The Morgan fingerprint density at radius 3 is 2.71 bits per heavy atom. The van der Waals surface area contributed by atoms with Gasteiger partial charge in [0.05, 0.1) is 19.3 Å². The first-order chi connectivity index (χ1) is 10.1. The van der Waals surface area contributed by atoms with Gasteiger partial charge in [-0.1, -0.05) is 12.1 Å². The van der Waals surface area contributed by atoms with Crippen molar-refractivity contribution in [3.8, 4) is 0 Å². The van der Waals surface area contributed by atoms with Gasteiger partial charge in [-0.25, -0.2) is 0 Å². The van der Waals surface area contributed by atoms with Crippen LogP contribution in [0.4, 0.5) is 0 Å². The van der Waals surface area contributed by atoms with Gasteiger partial charge >= 0.3 is 0 Å². The lowest BCUT2D eigenvalue weighted by atomic mass is 10.1. The van der Waals surface area contributed by atoms with Crippen LogP contribution in [0.5, 0.6) is 0 Å². The van der Waals surface area contributed by atoms with Crippen molar-refractivity contribution >= 4 is 5.91 Å². The summed E-state index contributed by atoms with van der Waals surface area (Å²) < 4.78 is 10.3. The predicted octanol–water partition coefficient (Wildman–Crippen LogP) is 1.31. The number of carbonyl (C=O) groups excluding carboxylic acids is 1. The van der Waals surface area contributed by atoms with E-state index in [0.29, 0.717) is 31.9 Å². The number of hydrogen-bond acceptors (Lipinski definition) is 4. The van der Waals surface area contributed by atoms with E-state index in [0.717, 1.165) is 12.0 Å². The highest BCUT2D eigenvalue weighted by molar-refractivity contribution is 5.94. The van der Waals surface area contributed by atoms with Gasteiger partial charge in [0.15, 0.2) is 0 Å². The quantitative estimate of drug-likeness (QED) is 0.746. The Balaban J connectivity index is 2.89. The zero-order valence-electron chi connectivity index (χ0n) is 13.2. The molecule has 0 spiro atoms. The molecule has 0 aliphatic heterocycles. The normalized spacial score (nSPS) is 12.2. The third-order valence-corrected chi connectivity index (χ3v) is 3.34. The second-order valence-corrected chi connectivity index (χ2v) is 5.03. The number of rotatable bonds is 9. The molecule has 5 nitrogen and oxygen atoms in total. The van der Waals surface area contributed by atoms with E-state index in [4.69, 9.17) is 15.2 Å². The second kappa shape index (κ2) is 9.50. The minimum Gasteiger partial charge on any atom is -0.383 e. The van der Waals surface area contributed by atoms with Crippen molar-refractivity contribution in [2.24, 2.45) is 5.73 Å². The van der Waals surface area contributed by atoms with Gasteiger partial charge in [0.25, 0.3) is 5.91 Å². The van der Waals surface area contributed by atoms with Gasteiger partial charge < -0.3 is 20.1 Å². The summed E-state index contributed by atoms with van der Waals surface area (Å²) in [4.78, 5) is 14.5. The minimum atomic E-state index is -0.00419. The molecule has 1 aromatic rings. The highest BCUT2D eigenvalue weighted by atomic mass is 16.5. The van der Waals surface area contributed by atoms with Crippen LogP contribution in [0.2, 0.25) is 0 Å². The number of amides is 1. The van der Waals surface area contributed by atoms with Crippen molar-refractivity contribution < 1.29 is 14.3 Å². The molecule has 21 heavy (non-hydrogen) atoms. The Hall–Kier alpha value is -1.43. The molecule has 1 aromatic carbocycles. The van der Waals surface area contributed by atoms with Gasteiger partial charge in [-0.2, -0.15) is 0 Å². The van der Waals surface area contributed by atoms with Crippen molar-refractivity contribution in [3.05, 3.63) is 35.4 Å². The van der Waals surface area contributed by atoms with Crippen LogP contribution in [-0.4, -0.2) is 57.4 Å². The molecule has 0 radical (unpaired) electrons. The van der Waals surface area contributed by atoms with Gasteiger partial charge in [-0.3, -0.25) is 4.79 Å². The van der Waals surface area contributed by atoms with Gasteiger partial charge in [-0.15, -0.1) is 0 Å². The molecule has 118 valence electrons. The Labute approximate surface area is 127 Å². The molecule has 0 bridgehead atoms. The van der Waals surface area contributed by atoms with Crippen molar-refractivity contribution in [1.82, 2.24) is 4.90 Å². The van der Waals surface area contributed by atoms with Crippen LogP contribution < -0.4 is 5.73 Å². The standard InChI is InChI=1S/C16H26N2O3/c1-13(12-21-3)18(9-10-20-2)16(19)15-6-4-5-14(11-15)7-8-17/h4-6,11,13H,7-10,12,17H2,1-3H3. The van der Waals surface area contributed by atoms with Gasteiger partial charge in [-0.05, 0) is 37.6 Å². The summed E-state index contributed by atoms with van der Waals surface area (Å²) in [5.74, 6) is -0.00419. The first kappa shape index (κ1) is 17.6. The van der Waals surface area contributed by atoms with Crippen molar-refractivity contribution in [3.63, 3.8) is 0 Å². The Morgan fingerprint density at radius 1 is 1.33 bits per heavy atom. The van der Waals surface area contributed by atoms with E-state index >= 15 is 0 Å². The van der Waals surface area contributed by atoms with Gasteiger partial charge in [0.2, 0.25) is 0 Å². The van der Waals surface area contributed by atoms with E-state index in [2.05, 4.69) is 0 Å². The molecule has 0 heterocycles. The van der Waals surface area contributed by atoms with Crippen LogP contribution in [0, 0.1) is 0 Å². The highest BCUT2D eigenvalue weighted by Gasteiger charge is 2.21. The molecule has 1 rings (SSSR count). The molecule has 1 unspecified atom stereocenters. The van der Waals surface area contributed by atoms with E-state index in [9.17, 15) is 4.79 Å². The summed E-state index contributed by atoms with van der Waals surface area (Å²) in [5, 5.41) is 0. The maximum atomic E-state index is 12.7. The average molecular weight is 294 g/mol. The summed E-state index contributed by atoms with van der Waals surface area (Å²) in [5.41, 5.74) is 7.33. The fourth-order valence-corrected chi connectivity index (χ4v) is 2.24. The number of ether oxygens (including phenoxy) is 2. The second-order valence-electron chi connectivity index (χ2n) is 5.03. The van der Waals surface area contributed by atoms with Crippen molar-refractivity contribution in [1.29, 1.82) is 0 Å². The molecule has 0 saturated carbocycles. The number of carbonyl (C=O) groups is 1. The Morgan fingerprint density at radius 2 is 2.10 bits per heavy atom. The lowest BCUT2D eigenvalue weighted by molar-refractivity contribution is 0.0479. The number of hydrogen-bond donors (Lipinski definition) is 1. The topological polar surface area (TPSA) is 64.8 Å². The van der Waals surface area contributed by atoms with Crippen molar-refractivity contribution in [2.45, 2.75) is 19.4 Å². The van der Waals surface area contributed by atoms with Crippen molar-refractivity contribution in [2.75, 3.05) is 40.5 Å². The molecule has 1 atom stereocenters. The highest BCUT2D eigenvalue weighted by Crippen LogP contribution is 2.12. The largest absolute Gasteiger partial charge is 0.383 e. The lowest BCUT2D eigenvalue weighted by Gasteiger charge is -2.29. The van der Waals surface area contributed by atoms with Crippen LogP contribution >= 0.6 is 0 Å². The van der Waals surface area contributed by atoms with E-state index in [1.165, 1.54) is 0 Å². The molecule has 0 fully saturated rings. The molecule has 0 aliphatic carbocycles.